The van der Waals surface area contributed by atoms with Crippen molar-refractivity contribution in [3.05, 3.63) is 54.4 Å². The number of aryl methyl sites for hydroxylation is 1. The van der Waals surface area contributed by atoms with Crippen LogP contribution in [0.1, 0.15) is 5.56 Å². The summed E-state index contributed by atoms with van der Waals surface area (Å²) < 4.78 is 0. The van der Waals surface area contributed by atoms with Crippen molar-refractivity contribution in [2.24, 2.45) is 0 Å². The van der Waals surface area contributed by atoms with Crippen LogP contribution in [0, 0.1) is 6.92 Å². The van der Waals surface area contributed by atoms with Crippen LogP contribution in [0.15, 0.2) is 48.8 Å². The van der Waals surface area contributed by atoms with Gasteiger partial charge in [0.05, 0.1) is 5.69 Å². The summed E-state index contributed by atoms with van der Waals surface area (Å²) in [6.07, 6.45) is 7.85. The Balaban J connectivity index is 2.21. The smallest absolute Gasteiger partial charge is 0.0623 e. The van der Waals surface area contributed by atoms with Gasteiger partial charge in [0, 0.05) is 12.4 Å². The third-order valence-corrected chi connectivity index (χ3v) is 1.97. The number of nitrogens with one attached hydrogen (secondary N) is 1. The number of hydrazine groups is 1. The van der Waals surface area contributed by atoms with Gasteiger partial charge in [0.15, 0.2) is 0 Å². The number of benzene rings is 1. The van der Waals surface area contributed by atoms with E-state index in [0.29, 0.717) is 0 Å². The van der Waals surface area contributed by atoms with Gasteiger partial charge < -0.3 is 5.43 Å². The molecule has 1 N–H and O–H groups in total. The first-order chi connectivity index (χ1) is 6.36. The summed E-state index contributed by atoms with van der Waals surface area (Å²) in [7, 11) is 0. The predicted molar refractivity (Wildman–Crippen MR) is 55.1 cm³/mol. The minimum absolute atomic E-state index is 1.14. The molecule has 0 saturated heterocycles. The lowest BCUT2D eigenvalue weighted by Crippen LogP contribution is -2.29. The lowest BCUT2D eigenvalue weighted by atomic mass is 10.2. The highest BCUT2D eigenvalue weighted by Gasteiger charge is 2.00. The van der Waals surface area contributed by atoms with Crippen LogP contribution in [0.3, 0.4) is 0 Å². The number of rotatable bonds is 1. The molecule has 0 aliphatic carbocycles. The zero-order chi connectivity index (χ0) is 9.10. The second-order valence-corrected chi connectivity index (χ2v) is 3.04. The van der Waals surface area contributed by atoms with Gasteiger partial charge in [0.1, 0.15) is 0 Å². The lowest BCUT2D eigenvalue weighted by Gasteiger charge is -2.22. The van der Waals surface area contributed by atoms with E-state index in [4.69, 9.17) is 0 Å². The summed E-state index contributed by atoms with van der Waals surface area (Å²) >= 11 is 0. The highest BCUT2D eigenvalue weighted by molar-refractivity contribution is 5.50. The van der Waals surface area contributed by atoms with Gasteiger partial charge in [0.25, 0.3) is 0 Å². The first kappa shape index (κ1) is 7.92. The van der Waals surface area contributed by atoms with Gasteiger partial charge in [-0.3, -0.25) is 5.01 Å². The number of hydrogen-bond donors (Lipinski definition) is 1. The Bertz CT molecular complexity index is 336. The van der Waals surface area contributed by atoms with Crippen molar-refractivity contribution in [3.63, 3.8) is 0 Å². The van der Waals surface area contributed by atoms with Crippen LogP contribution >= 0.6 is 0 Å². The molecule has 0 saturated carbocycles. The fourth-order valence-corrected chi connectivity index (χ4v) is 1.22. The molecule has 0 fully saturated rings. The largest absolute Gasteiger partial charge is 0.302 e. The Morgan fingerprint density at radius 3 is 2.46 bits per heavy atom. The Labute approximate surface area is 78.2 Å². The van der Waals surface area contributed by atoms with E-state index >= 15 is 0 Å². The third-order valence-electron chi connectivity index (χ3n) is 1.97. The lowest BCUT2D eigenvalue weighted by molar-refractivity contribution is 0.867. The van der Waals surface area contributed by atoms with Crippen molar-refractivity contribution in [2.45, 2.75) is 6.92 Å². The SMILES string of the molecule is Cc1ccc(N2C=CC=CN2)cc1. The standard InChI is InChI=1S/C11H12N2/c1-10-4-6-11(7-5-10)13-9-3-2-8-12-13/h2-9,12H,1H3. The summed E-state index contributed by atoms with van der Waals surface area (Å²) in [5, 5.41) is 1.97. The monoisotopic (exact) mass is 172 g/mol. The van der Waals surface area contributed by atoms with Crippen LogP contribution in [0.4, 0.5) is 5.69 Å². The summed E-state index contributed by atoms with van der Waals surface area (Å²) in [5.74, 6) is 0. The molecule has 2 heteroatoms. The van der Waals surface area contributed by atoms with E-state index in [2.05, 4.69) is 36.6 Å². The maximum atomic E-state index is 3.12. The van der Waals surface area contributed by atoms with Gasteiger partial charge in [-0.1, -0.05) is 17.7 Å². The van der Waals surface area contributed by atoms with Crippen molar-refractivity contribution in [3.8, 4) is 0 Å². The topological polar surface area (TPSA) is 15.3 Å². The molecule has 0 aromatic heterocycles. The van der Waals surface area contributed by atoms with Crippen LogP contribution in [-0.4, -0.2) is 0 Å². The molecular weight excluding hydrogens is 160 g/mol. The van der Waals surface area contributed by atoms with E-state index in [1.54, 1.807) is 0 Å². The van der Waals surface area contributed by atoms with Crippen LogP contribution in [0.5, 0.6) is 0 Å². The normalized spacial score (nSPS) is 14.4. The van der Waals surface area contributed by atoms with E-state index in [1.165, 1.54) is 5.56 Å². The number of allylic oxidation sites excluding steroid dienone is 2. The summed E-state index contributed by atoms with van der Waals surface area (Å²) in [6, 6.07) is 8.38. The first-order valence-corrected chi connectivity index (χ1v) is 4.32. The average Bonchev–Trinajstić information content (AvgIpc) is 2.20. The van der Waals surface area contributed by atoms with Crippen LogP contribution in [-0.2, 0) is 0 Å². The number of hydrogen-bond acceptors (Lipinski definition) is 2. The molecule has 0 spiro atoms. The summed E-state index contributed by atoms with van der Waals surface area (Å²) in [4.78, 5) is 0. The van der Waals surface area contributed by atoms with Gasteiger partial charge in [-0.25, -0.2) is 0 Å². The molecule has 2 nitrogen and oxygen atoms in total. The van der Waals surface area contributed by atoms with E-state index < -0.39 is 0 Å². The summed E-state index contributed by atoms with van der Waals surface area (Å²) in [5.41, 5.74) is 5.54. The molecule has 0 atom stereocenters. The second kappa shape index (κ2) is 3.35. The highest BCUT2D eigenvalue weighted by atomic mass is 15.5. The van der Waals surface area contributed by atoms with Crippen molar-refractivity contribution in [2.75, 3.05) is 5.01 Å². The number of anilines is 1. The molecule has 1 aromatic rings. The average molecular weight is 172 g/mol. The fourth-order valence-electron chi connectivity index (χ4n) is 1.22. The Hall–Kier alpha value is -1.70. The molecule has 0 unspecified atom stereocenters. The molecule has 1 heterocycles. The maximum absolute atomic E-state index is 3.12. The Morgan fingerprint density at radius 1 is 1.08 bits per heavy atom. The Kier molecular flexibility index (Phi) is 2.04. The van der Waals surface area contributed by atoms with Crippen molar-refractivity contribution < 1.29 is 0 Å². The van der Waals surface area contributed by atoms with Crippen LogP contribution < -0.4 is 10.4 Å². The van der Waals surface area contributed by atoms with Gasteiger partial charge >= 0.3 is 0 Å². The predicted octanol–water partition coefficient (Wildman–Crippen LogP) is 2.35. The van der Waals surface area contributed by atoms with E-state index in [0.717, 1.165) is 5.69 Å². The molecule has 0 radical (unpaired) electrons. The Morgan fingerprint density at radius 2 is 1.85 bits per heavy atom. The van der Waals surface area contributed by atoms with E-state index in [1.807, 2.05) is 29.6 Å². The van der Waals surface area contributed by atoms with Gasteiger partial charge in [-0.2, -0.15) is 0 Å². The molecule has 2 rings (SSSR count). The quantitative estimate of drug-likeness (QED) is 0.699. The molecule has 1 aliphatic rings. The highest BCUT2D eigenvalue weighted by Crippen LogP contribution is 2.14. The van der Waals surface area contributed by atoms with Gasteiger partial charge in [-0.15, -0.1) is 0 Å². The number of nitrogens with zero attached hydrogens (tertiary/aromatic N) is 1. The van der Waals surface area contributed by atoms with Crippen LogP contribution in [0.25, 0.3) is 0 Å². The molecule has 1 aromatic carbocycles. The zero-order valence-electron chi connectivity index (χ0n) is 7.57. The molecule has 66 valence electrons. The molecular formula is C11H12N2. The fraction of sp³-hybridized carbons (Fsp3) is 0.0909. The van der Waals surface area contributed by atoms with E-state index in [9.17, 15) is 0 Å². The second-order valence-electron chi connectivity index (χ2n) is 3.04. The summed E-state index contributed by atoms with van der Waals surface area (Å²) in [6.45, 7) is 2.09. The third kappa shape index (κ3) is 1.72. The molecule has 0 bridgehead atoms. The minimum atomic E-state index is 1.14. The van der Waals surface area contributed by atoms with Gasteiger partial charge in [-0.05, 0) is 31.2 Å². The van der Waals surface area contributed by atoms with Gasteiger partial charge in [0.2, 0.25) is 0 Å². The minimum Gasteiger partial charge on any atom is -0.302 e. The molecule has 1 aliphatic heterocycles. The first-order valence-electron chi connectivity index (χ1n) is 4.32. The maximum Gasteiger partial charge on any atom is 0.0623 e. The van der Waals surface area contributed by atoms with Crippen molar-refractivity contribution in [1.29, 1.82) is 0 Å². The van der Waals surface area contributed by atoms with E-state index in [-0.39, 0.29) is 0 Å². The van der Waals surface area contributed by atoms with Crippen LogP contribution in [0.2, 0.25) is 0 Å². The molecule has 13 heavy (non-hydrogen) atoms. The van der Waals surface area contributed by atoms with Crippen molar-refractivity contribution >= 4 is 5.69 Å². The zero-order valence-corrected chi connectivity index (χ0v) is 7.57. The molecule has 0 amide bonds. The van der Waals surface area contributed by atoms with Crippen molar-refractivity contribution in [1.82, 2.24) is 5.43 Å².